The predicted molar refractivity (Wildman–Crippen MR) is 62.7 cm³/mol. The van der Waals surface area contributed by atoms with Crippen LogP contribution in [0.2, 0.25) is 0 Å². The van der Waals surface area contributed by atoms with Crippen molar-refractivity contribution in [3.8, 4) is 0 Å². The lowest BCUT2D eigenvalue weighted by atomic mass is 10.5. The number of aliphatic hydroxyl groups excluding tert-OH is 1. The van der Waals surface area contributed by atoms with Gasteiger partial charge in [0.15, 0.2) is 0 Å². The van der Waals surface area contributed by atoms with Gasteiger partial charge in [-0.3, -0.25) is 0 Å². The lowest BCUT2D eigenvalue weighted by molar-refractivity contribution is 0.215. The SMILES string of the molecule is OCCCO[P+](=S)OCCCOP=S. The first-order valence-electron chi connectivity index (χ1n) is 4.10. The molecule has 1 N–H and O–H groups in total. The molecule has 0 saturated heterocycles. The summed E-state index contributed by atoms with van der Waals surface area (Å²) in [5.41, 5.74) is 0. The summed E-state index contributed by atoms with van der Waals surface area (Å²) in [7, 11) is -0.706. The Bertz CT molecular complexity index is 170. The molecule has 14 heavy (non-hydrogen) atoms. The Labute approximate surface area is 96.4 Å². The van der Waals surface area contributed by atoms with Crippen LogP contribution in [0.15, 0.2) is 0 Å². The second-order valence-corrected chi connectivity index (χ2v) is 4.94. The fourth-order valence-electron chi connectivity index (χ4n) is 0.541. The Morgan fingerprint density at radius 3 is 2.36 bits per heavy atom. The van der Waals surface area contributed by atoms with E-state index in [9.17, 15) is 0 Å². The predicted octanol–water partition coefficient (Wildman–Crippen LogP) is 1.91. The molecule has 0 amide bonds. The molecule has 82 valence electrons. The third kappa shape index (κ3) is 11.0. The molecule has 0 spiro atoms. The molecule has 1 unspecified atom stereocenters. The molecule has 0 aliphatic heterocycles. The minimum Gasteiger partial charge on any atom is -0.396 e. The minimum atomic E-state index is -1.22. The highest BCUT2D eigenvalue weighted by atomic mass is 32.4. The Kier molecular flexibility index (Phi) is 12.7. The summed E-state index contributed by atoms with van der Waals surface area (Å²) in [4.78, 5) is 0. The zero-order chi connectivity index (χ0) is 10.6. The maximum atomic E-state index is 8.48. The highest BCUT2D eigenvalue weighted by Gasteiger charge is 2.12. The van der Waals surface area contributed by atoms with E-state index in [1.807, 2.05) is 0 Å². The smallest absolute Gasteiger partial charge is 0.396 e. The van der Waals surface area contributed by atoms with Crippen LogP contribution in [0.5, 0.6) is 0 Å². The molecule has 8 heteroatoms. The van der Waals surface area contributed by atoms with Crippen LogP contribution in [0.1, 0.15) is 12.8 Å². The van der Waals surface area contributed by atoms with E-state index in [1.165, 1.54) is 0 Å². The fourth-order valence-corrected chi connectivity index (χ4v) is 2.05. The van der Waals surface area contributed by atoms with Crippen molar-refractivity contribution in [2.75, 3.05) is 26.4 Å². The van der Waals surface area contributed by atoms with E-state index < -0.39 is 7.15 Å². The van der Waals surface area contributed by atoms with Crippen molar-refractivity contribution < 1.29 is 18.7 Å². The molecule has 1 atom stereocenters. The first-order valence-corrected chi connectivity index (χ1v) is 8.11. The van der Waals surface area contributed by atoms with Crippen molar-refractivity contribution in [1.29, 1.82) is 0 Å². The number of hydrogen-bond acceptors (Lipinski definition) is 6. The Morgan fingerprint density at radius 1 is 1.14 bits per heavy atom. The van der Waals surface area contributed by atoms with Crippen LogP contribution in [0, 0.1) is 0 Å². The molecule has 0 aromatic carbocycles. The molecule has 0 saturated carbocycles. The summed E-state index contributed by atoms with van der Waals surface area (Å²) in [5.74, 6) is 0. The normalized spacial score (nSPS) is 11.9. The molecule has 0 aliphatic carbocycles. The largest absolute Gasteiger partial charge is 0.521 e. The average molecular weight is 275 g/mol. The maximum absolute atomic E-state index is 8.48. The first-order chi connectivity index (χ1) is 6.81. The van der Waals surface area contributed by atoms with Crippen LogP contribution in [-0.4, -0.2) is 31.5 Å². The molecular weight excluding hydrogens is 262 g/mol. The molecule has 0 aromatic heterocycles. The summed E-state index contributed by atoms with van der Waals surface area (Å²) in [5, 5.41) is 8.48. The second-order valence-electron chi connectivity index (χ2n) is 2.23. The molecular formula is C6H13O4P2S2+. The third-order valence-corrected chi connectivity index (χ3v) is 3.15. The molecule has 0 aliphatic rings. The van der Waals surface area contributed by atoms with Crippen LogP contribution in [0.25, 0.3) is 0 Å². The highest BCUT2D eigenvalue weighted by molar-refractivity contribution is 8.00. The number of rotatable bonds is 10. The molecule has 0 aromatic rings. The van der Waals surface area contributed by atoms with Gasteiger partial charge < -0.3 is 9.63 Å². The minimum absolute atomic E-state index is 0.115. The van der Waals surface area contributed by atoms with Crippen molar-refractivity contribution >= 4 is 38.3 Å². The van der Waals surface area contributed by atoms with Crippen LogP contribution in [-0.2, 0) is 37.2 Å². The Morgan fingerprint density at radius 2 is 1.79 bits per heavy atom. The van der Waals surface area contributed by atoms with Gasteiger partial charge in [-0.2, -0.15) is 0 Å². The van der Waals surface area contributed by atoms with Crippen LogP contribution < -0.4 is 0 Å². The van der Waals surface area contributed by atoms with Gasteiger partial charge in [0.05, 0.1) is 6.61 Å². The highest BCUT2D eigenvalue weighted by Crippen LogP contribution is 2.24. The average Bonchev–Trinajstić information content (AvgIpc) is 2.18. The molecule has 0 fully saturated rings. The van der Waals surface area contributed by atoms with E-state index >= 15 is 0 Å². The fraction of sp³-hybridized carbons (Fsp3) is 1.00. The van der Waals surface area contributed by atoms with E-state index in [-0.39, 0.29) is 6.61 Å². The van der Waals surface area contributed by atoms with Crippen LogP contribution in [0.3, 0.4) is 0 Å². The van der Waals surface area contributed by atoms with Crippen molar-refractivity contribution in [2.45, 2.75) is 12.8 Å². The second kappa shape index (κ2) is 12.0. The summed E-state index contributed by atoms with van der Waals surface area (Å²) < 4.78 is 15.2. The standard InChI is InChI=1S/C6H13O4P2S2/c7-3-1-5-9-12(14)10-6-2-4-8-11-13/h7H,1-6H2/q+1. The van der Waals surface area contributed by atoms with Crippen molar-refractivity contribution in [2.24, 2.45) is 0 Å². The van der Waals surface area contributed by atoms with Crippen LogP contribution >= 0.6 is 14.7 Å². The van der Waals surface area contributed by atoms with Gasteiger partial charge in [-0.15, -0.1) is 9.05 Å². The Balaban J connectivity index is 3.14. The summed E-state index contributed by atoms with van der Waals surface area (Å²) >= 11 is 9.47. The molecule has 4 nitrogen and oxygen atoms in total. The molecule has 0 bridgehead atoms. The summed E-state index contributed by atoms with van der Waals surface area (Å²) in [6.07, 6.45) is 1.36. The van der Waals surface area contributed by atoms with E-state index in [4.69, 9.17) is 30.5 Å². The Hall–Kier alpha value is 0.880. The van der Waals surface area contributed by atoms with Gasteiger partial charge in [0.25, 0.3) is 0 Å². The van der Waals surface area contributed by atoms with Gasteiger partial charge in [0.2, 0.25) is 11.8 Å². The monoisotopic (exact) mass is 275 g/mol. The van der Waals surface area contributed by atoms with Crippen molar-refractivity contribution in [1.82, 2.24) is 0 Å². The molecule has 0 rings (SSSR count). The first kappa shape index (κ1) is 14.9. The summed E-state index contributed by atoms with van der Waals surface area (Å²) in [6.45, 7) is 1.68. The van der Waals surface area contributed by atoms with Gasteiger partial charge in [-0.25, -0.2) is 0 Å². The van der Waals surface area contributed by atoms with E-state index in [1.54, 1.807) is 0 Å². The van der Waals surface area contributed by atoms with Crippen LogP contribution in [0.4, 0.5) is 0 Å². The zero-order valence-corrected chi connectivity index (χ0v) is 11.0. The number of aliphatic hydroxyl groups is 1. The number of hydrogen-bond donors (Lipinski definition) is 1. The third-order valence-electron chi connectivity index (χ3n) is 1.13. The van der Waals surface area contributed by atoms with Gasteiger partial charge in [0, 0.05) is 6.61 Å². The summed E-state index contributed by atoms with van der Waals surface area (Å²) in [6, 6.07) is 0. The van der Waals surface area contributed by atoms with Gasteiger partial charge in [0.1, 0.15) is 20.8 Å². The van der Waals surface area contributed by atoms with E-state index in [0.29, 0.717) is 33.8 Å². The lowest BCUT2D eigenvalue weighted by Crippen LogP contribution is -1.95. The lowest BCUT2D eigenvalue weighted by Gasteiger charge is -1.94. The molecule has 0 radical (unpaired) electrons. The zero-order valence-electron chi connectivity index (χ0n) is 7.63. The van der Waals surface area contributed by atoms with Crippen molar-refractivity contribution in [3.05, 3.63) is 0 Å². The molecule has 0 heterocycles. The van der Waals surface area contributed by atoms with Crippen molar-refractivity contribution in [3.63, 3.8) is 0 Å². The maximum Gasteiger partial charge on any atom is 0.521 e. The van der Waals surface area contributed by atoms with Gasteiger partial charge in [-0.1, -0.05) is 0 Å². The van der Waals surface area contributed by atoms with Gasteiger partial charge in [-0.05, 0) is 24.6 Å². The van der Waals surface area contributed by atoms with E-state index in [0.717, 1.165) is 6.42 Å². The quantitative estimate of drug-likeness (QED) is 0.485. The van der Waals surface area contributed by atoms with Gasteiger partial charge >= 0.3 is 7.15 Å². The van der Waals surface area contributed by atoms with E-state index in [2.05, 4.69) is 11.8 Å². The topological polar surface area (TPSA) is 47.9 Å².